The Labute approximate surface area is 104 Å². The van der Waals surface area contributed by atoms with Crippen molar-refractivity contribution in [1.82, 2.24) is 5.32 Å². The molecule has 0 aromatic heterocycles. The number of hydrogen-bond acceptors (Lipinski definition) is 3. The second kappa shape index (κ2) is 5.07. The van der Waals surface area contributed by atoms with Crippen molar-refractivity contribution in [3.63, 3.8) is 0 Å². The van der Waals surface area contributed by atoms with Gasteiger partial charge in [0.05, 0.1) is 6.61 Å². The fourth-order valence-corrected chi connectivity index (χ4v) is 2.46. The van der Waals surface area contributed by atoms with Gasteiger partial charge in [-0.1, -0.05) is 19.3 Å². The van der Waals surface area contributed by atoms with Gasteiger partial charge in [-0.3, -0.25) is 4.79 Å². The van der Waals surface area contributed by atoms with Crippen LogP contribution in [0, 0.1) is 11.3 Å². The van der Waals surface area contributed by atoms with Crippen LogP contribution in [-0.4, -0.2) is 31.8 Å². The van der Waals surface area contributed by atoms with Crippen molar-refractivity contribution < 1.29 is 22.7 Å². The van der Waals surface area contributed by atoms with E-state index in [2.05, 4.69) is 5.32 Å². The average Bonchev–Trinajstić information content (AvgIpc) is 2.70. The van der Waals surface area contributed by atoms with Crippen LogP contribution in [0.25, 0.3) is 0 Å². The summed E-state index contributed by atoms with van der Waals surface area (Å²) in [6.07, 6.45) is -0.696. The topological polar surface area (TPSA) is 38.3 Å². The molecule has 0 radical (unpaired) electrons. The minimum absolute atomic E-state index is 0.112. The summed E-state index contributed by atoms with van der Waals surface area (Å²) in [6.45, 7) is -0.0443. The quantitative estimate of drug-likeness (QED) is 0.792. The number of ether oxygens (including phenoxy) is 1. The maximum atomic E-state index is 13.0. The summed E-state index contributed by atoms with van der Waals surface area (Å²) >= 11 is 0. The van der Waals surface area contributed by atoms with Gasteiger partial charge in [0.15, 0.2) is 5.41 Å². The van der Waals surface area contributed by atoms with Crippen LogP contribution in [0.5, 0.6) is 0 Å². The molecule has 1 aliphatic heterocycles. The summed E-state index contributed by atoms with van der Waals surface area (Å²) < 4.78 is 43.8. The van der Waals surface area contributed by atoms with Gasteiger partial charge in [0.2, 0.25) is 0 Å². The van der Waals surface area contributed by atoms with Crippen LogP contribution >= 0.6 is 0 Å². The molecule has 1 saturated heterocycles. The molecule has 0 bridgehead atoms. The number of hydrogen-bond donors (Lipinski definition) is 1. The summed E-state index contributed by atoms with van der Waals surface area (Å²) in [5.41, 5.74) is -2.33. The highest BCUT2D eigenvalue weighted by molar-refractivity contribution is 5.78. The Kier molecular flexibility index (Phi) is 3.84. The zero-order valence-corrected chi connectivity index (χ0v) is 10.2. The first-order valence-electron chi connectivity index (χ1n) is 6.40. The molecular weight excluding hydrogens is 247 g/mol. The summed E-state index contributed by atoms with van der Waals surface area (Å²) in [5, 5.41) is 2.60. The summed E-state index contributed by atoms with van der Waals surface area (Å²) in [7, 11) is 0. The molecule has 1 N–H and O–H groups in total. The van der Waals surface area contributed by atoms with E-state index >= 15 is 0 Å². The van der Waals surface area contributed by atoms with E-state index in [1.54, 1.807) is 0 Å². The molecule has 0 amide bonds. The minimum atomic E-state index is -4.54. The molecule has 2 fully saturated rings. The van der Waals surface area contributed by atoms with E-state index in [9.17, 15) is 18.0 Å². The van der Waals surface area contributed by atoms with Crippen LogP contribution in [0.3, 0.4) is 0 Å². The monoisotopic (exact) mass is 265 g/mol. The van der Waals surface area contributed by atoms with Crippen molar-refractivity contribution in [2.24, 2.45) is 11.3 Å². The molecular formula is C12H18F3NO2. The number of carbonyl (C=O) groups is 1. The molecule has 1 heterocycles. The van der Waals surface area contributed by atoms with Crippen LogP contribution in [0.1, 0.15) is 32.1 Å². The first-order chi connectivity index (χ1) is 8.46. The number of halogens is 3. The largest absolute Gasteiger partial charge is 0.465 e. The van der Waals surface area contributed by atoms with Gasteiger partial charge >= 0.3 is 12.1 Å². The maximum absolute atomic E-state index is 13.0. The van der Waals surface area contributed by atoms with Crippen LogP contribution in [-0.2, 0) is 9.53 Å². The van der Waals surface area contributed by atoms with Gasteiger partial charge in [-0.2, -0.15) is 13.2 Å². The lowest BCUT2D eigenvalue weighted by Crippen LogP contribution is -2.47. The zero-order valence-electron chi connectivity index (χ0n) is 10.2. The highest BCUT2D eigenvalue weighted by atomic mass is 19.4. The summed E-state index contributed by atoms with van der Waals surface area (Å²) in [6, 6.07) is 0. The molecule has 2 rings (SSSR count). The smallest absolute Gasteiger partial charge is 0.406 e. The predicted molar refractivity (Wildman–Crippen MR) is 58.9 cm³/mol. The lowest BCUT2D eigenvalue weighted by atomic mass is 9.83. The second-order valence-corrected chi connectivity index (χ2v) is 5.23. The molecule has 1 unspecified atom stereocenters. The lowest BCUT2D eigenvalue weighted by molar-refractivity contribution is -0.229. The first kappa shape index (κ1) is 13.6. The molecule has 1 atom stereocenters. The van der Waals surface area contributed by atoms with E-state index in [1.165, 1.54) is 6.42 Å². The van der Waals surface area contributed by atoms with Gasteiger partial charge in [-0.15, -0.1) is 0 Å². The Bertz CT molecular complexity index is 307. The van der Waals surface area contributed by atoms with Crippen molar-refractivity contribution in [3.8, 4) is 0 Å². The highest BCUT2D eigenvalue weighted by Gasteiger charge is 2.62. The molecule has 0 aromatic rings. The molecule has 6 heteroatoms. The Hall–Kier alpha value is -0.780. The van der Waals surface area contributed by atoms with Crippen molar-refractivity contribution in [2.45, 2.75) is 38.3 Å². The minimum Gasteiger partial charge on any atom is -0.465 e. The Morgan fingerprint density at radius 2 is 2.11 bits per heavy atom. The molecule has 18 heavy (non-hydrogen) atoms. The van der Waals surface area contributed by atoms with Crippen molar-refractivity contribution >= 4 is 5.97 Å². The molecule has 1 aliphatic carbocycles. The standard InChI is InChI=1S/C12H18F3NO2/c13-12(14,15)11(5-6-16-8-11)10(17)18-7-4-9-2-1-3-9/h9,16H,1-8H2. The SMILES string of the molecule is O=C(OCCC1CCC1)C1(C(F)(F)F)CCNC1. The molecule has 0 aromatic carbocycles. The third-order valence-corrected chi connectivity index (χ3v) is 4.07. The number of alkyl halides is 3. The van der Waals surface area contributed by atoms with Gasteiger partial charge in [-0.25, -0.2) is 0 Å². The molecule has 1 saturated carbocycles. The molecule has 3 nitrogen and oxygen atoms in total. The van der Waals surface area contributed by atoms with Crippen LogP contribution < -0.4 is 5.32 Å². The lowest BCUT2D eigenvalue weighted by Gasteiger charge is -2.29. The van der Waals surface area contributed by atoms with E-state index in [0.29, 0.717) is 12.3 Å². The van der Waals surface area contributed by atoms with Crippen molar-refractivity contribution in [2.75, 3.05) is 19.7 Å². The Balaban J connectivity index is 1.87. The van der Waals surface area contributed by atoms with E-state index in [-0.39, 0.29) is 26.1 Å². The average molecular weight is 265 g/mol. The predicted octanol–water partition coefficient (Wildman–Crippen LogP) is 2.26. The van der Waals surface area contributed by atoms with Crippen LogP contribution in [0.4, 0.5) is 13.2 Å². The van der Waals surface area contributed by atoms with Gasteiger partial charge in [0.25, 0.3) is 0 Å². The first-order valence-corrected chi connectivity index (χ1v) is 6.40. The van der Waals surface area contributed by atoms with Crippen molar-refractivity contribution in [1.29, 1.82) is 0 Å². The molecule has 2 aliphatic rings. The number of nitrogens with one attached hydrogen (secondary N) is 1. The van der Waals surface area contributed by atoms with E-state index in [4.69, 9.17) is 4.74 Å². The van der Waals surface area contributed by atoms with Crippen LogP contribution in [0.2, 0.25) is 0 Å². The van der Waals surface area contributed by atoms with Gasteiger partial charge in [0.1, 0.15) is 0 Å². The summed E-state index contributed by atoms with van der Waals surface area (Å²) in [5.74, 6) is -0.583. The number of rotatable bonds is 4. The van der Waals surface area contributed by atoms with E-state index in [1.807, 2.05) is 0 Å². The van der Waals surface area contributed by atoms with Gasteiger partial charge in [-0.05, 0) is 25.3 Å². The molecule has 0 spiro atoms. The third kappa shape index (κ3) is 2.48. The van der Waals surface area contributed by atoms with E-state index < -0.39 is 17.6 Å². The normalized spacial score (nSPS) is 29.1. The Morgan fingerprint density at radius 3 is 2.56 bits per heavy atom. The van der Waals surface area contributed by atoms with Crippen molar-refractivity contribution in [3.05, 3.63) is 0 Å². The Morgan fingerprint density at radius 1 is 1.39 bits per heavy atom. The second-order valence-electron chi connectivity index (χ2n) is 5.23. The van der Waals surface area contributed by atoms with E-state index in [0.717, 1.165) is 12.8 Å². The fourth-order valence-electron chi connectivity index (χ4n) is 2.46. The third-order valence-electron chi connectivity index (χ3n) is 4.07. The zero-order chi connectivity index (χ0) is 13.2. The summed E-state index contributed by atoms with van der Waals surface area (Å²) in [4.78, 5) is 11.7. The fraction of sp³-hybridized carbons (Fsp3) is 0.917. The van der Waals surface area contributed by atoms with Crippen LogP contribution in [0.15, 0.2) is 0 Å². The number of esters is 1. The maximum Gasteiger partial charge on any atom is 0.406 e. The molecule has 104 valence electrons. The highest BCUT2D eigenvalue weighted by Crippen LogP contribution is 2.44. The van der Waals surface area contributed by atoms with Gasteiger partial charge < -0.3 is 10.1 Å². The van der Waals surface area contributed by atoms with Gasteiger partial charge in [0, 0.05) is 6.54 Å². The number of carbonyl (C=O) groups excluding carboxylic acids is 1.